The maximum absolute atomic E-state index is 3.68. The summed E-state index contributed by atoms with van der Waals surface area (Å²) in [5.41, 5.74) is 0.542. The molecule has 1 saturated carbocycles. The Labute approximate surface area is 90.5 Å². The highest BCUT2D eigenvalue weighted by atomic mass is 32.1. The maximum Gasteiger partial charge on any atom is 0.0469 e. The smallest absolute Gasteiger partial charge is 0.0469 e. The molecule has 1 aromatic heterocycles. The van der Waals surface area contributed by atoms with E-state index in [4.69, 9.17) is 0 Å². The third kappa shape index (κ3) is 2.01. The van der Waals surface area contributed by atoms with E-state index in [1.807, 2.05) is 11.3 Å². The van der Waals surface area contributed by atoms with Crippen LogP contribution in [0.4, 0.5) is 0 Å². The molecule has 1 unspecified atom stereocenters. The molecule has 1 fully saturated rings. The zero-order valence-corrected chi connectivity index (χ0v) is 9.86. The van der Waals surface area contributed by atoms with Crippen LogP contribution in [0.15, 0.2) is 17.5 Å². The Morgan fingerprint density at radius 2 is 2.36 bits per heavy atom. The van der Waals surface area contributed by atoms with Gasteiger partial charge in [0, 0.05) is 10.9 Å². The van der Waals surface area contributed by atoms with E-state index < -0.39 is 0 Å². The molecule has 1 aromatic rings. The summed E-state index contributed by atoms with van der Waals surface area (Å²) in [4.78, 5) is 1.51. The Bertz CT molecular complexity index is 275. The lowest BCUT2D eigenvalue weighted by Gasteiger charge is -2.23. The molecular weight excluding hydrogens is 190 g/mol. The summed E-state index contributed by atoms with van der Waals surface area (Å²) >= 11 is 1.89. The van der Waals surface area contributed by atoms with Crippen LogP contribution in [0.3, 0.4) is 0 Å². The monoisotopic (exact) mass is 209 g/mol. The van der Waals surface area contributed by atoms with E-state index in [2.05, 4.69) is 36.7 Å². The summed E-state index contributed by atoms with van der Waals surface area (Å²) in [6.45, 7) is 5.77. The SMILES string of the molecule is CCCNC(c1cccs1)C1(C)CC1. The van der Waals surface area contributed by atoms with Crippen molar-refractivity contribution < 1.29 is 0 Å². The van der Waals surface area contributed by atoms with Crippen LogP contribution in [0, 0.1) is 5.41 Å². The van der Waals surface area contributed by atoms with Crippen LogP contribution >= 0.6 is 11.3 Å². The highest BCUT2D eigenvalue weighted by Crippen LogP contribution is 2.55. The molecule has 0 saturated heterocycles. The highest BCUT2D eigenvalue weighted by Gasteiger charge is 2.45. The first kappa shape index (κ1) is 10.2. The molecule has 0 amide bonds. The minimum absolute atomic E-state index is 0.542. The summed E-state index contributed by atoms with van der Waals surface area (Å²) in [6, 6.07) is 5.02. The Hall–Kier alpha value is -0.340. The molecule has 2 rings (SSSR count). The molecule has 1 N–H and O–H groups in total. The lowest BCUT2D eigenvalue weighted by Crippen LogP contribution is -2.27. The van der Waals surface area contributed by atoms with E-state index >= 15 is 0 Å². The first-order valence-electron chi connectivity index (χ1n) is 5.53. The van der Waals surface area contributed by atoms with Crippen molar-refractivity contribution in [2.45, 2.75) is 39.2 Å². The van der Waals surface area contributed by atoms with E-state index in [1.54, 1.807) is 0 Å². The molecule has 1 heterocycles. The standard InChI is InChI=1S/C12H19NS/c1-3-8-13-11(12(2)6-7-12)10-5-4-9-14-10/h4-5,9,11,13H,3,6-8H2,1-2H3. The molecule has 1 aliphatic carbocycles. The van der Waals surface area contributed by atoms with Crippen LogP contribution < -0.4 is 5.32 Å². The van der Waals surface area contributed by atoms with Gasteiger partial charge in [-0.25, -0.2) is 0 Å². The van der Waals surface area contributed by atoms with Crippen molar-refractivity contribution in [2.75, 3.05) is 6.54 Å². The average molecular weight is 209 g/mol. The summed E-state index contributed by atoms with van der Waals surface area (Å²) in [5.74, 6) is 0. The van der Waals surface area contributed by atoms with Gasteiger partial charge in [0.05, 0.1) is 0 Å². The predicted octanol–water partition coefficient (Wildman–Crippen LogP) is 3.59. The second-order valence-electron chi connectivity index (χ2n) is 4.56. The van der Waals surface area contributed by atoms with Crippen molar-refractivity contribution in [3.63, 3.8) is 0 Å². The van der Waals surface area contributed by atoms with Crippen molar-refractivity contribution in [2.24, 2.45) is 5.41 Å². The molecule has 14 heavy (non-hydrogen) atoms. The summed E-state index contributed by atoms with van der Waals surface area (Å²) in [7, 11) is 0. The third-order valence-corrected chi connectivity index (χ3v) is 4.10. The van der Waals surface area contributed by atoms with E-state index in [0.717, 1.165) is 6.54 Å². The van der Waals surface area contributed by atoms with Crippen LogP contribution in [0.2, 0.25) is 0 Å². The first-order chi connectivity index (χ1) is 6.76. The minimum atomic E-state index is 0.542. The van der Waals surface area contributed by atoms with E-state index in [1.165, 1.54) is 24.1 Å². The number of rotatable bonds is 5. The van der Waals surface area contributed by atoms with Gasteiger partial charge in [-0.05, 0) is 42.7 Å². The molecule has 78 valence electrons. The van der Waals surface area contributed by atoms with Crippen LogP contribution in [0.1, 0.15) is 44.0 Å². The number of nitrogens with one attached hydrogen (secondary N) is 1. The van der Waals surface area contributed by atoms with Gasteiger partial charge in [0.25, 0.3) is 0 Å². The summed E-state index contributed by atoms with van der Waals surface area (Å²) in [5, 5.41) is 5.87. The van der Waals surface area contributed by atoms with Gasteiger partial charge >= 0.3 is 0 Å². The van der Waals surface area contributed by atoms with Crippen LogP contribution in [0.5, 0.6) is 0 Å². The van der Waals surface area contributed by atoms with Gasteiger partial charge in [0.15, 0.2) is 0 Å². The molecule has 0 radical (unpaired) electrons. The van der Waals surface area contributed by atoms with Crippen LogP contribution in [-0.2, 0) is 0 Å². The van der Waals surface area contributed by atoms with Crippen molar-refractivity contribution in [3.05, 3.63) is 22.4 Å². The van der Waals surface area contributed by atoms with Crippen molar-refractivity contribution >= 4 is 11.3 Å². The summed E-state index contributed by atoms with van der Waals surface area (Å²) in [6.07, 6.45) is 3.98. The Morgan fingerprint density at radius 3 is 2.86 bits per heavy atom. The van der Waals surface area contributed by atoms with Crippen LogP contribution in [-0.4, -0.2) is 6.54 Å². The fraction of sp³-hybridized carbons (Fsp3) is 0.667. The molecule has 1 nitrogen and oxygen atoms in total. The normalized spacial score (nSPS) is 20.7. The van der Waals surface area contributed by atoms with Gasteiger partial charge in [-0.3, -0.25) is 0 Å². The minimum Gasteiger partial charge on any atom is -0.309 e. The summed E-state index contributed by atoms with van der Waals surface area (Å²) < 4.78 is 0. The zero-order chi connectivity index (χ0) is 10.0. The second-order valence-corrected chi connectivity index (χ2v) is 5.54. The topological polar surface area (TPSA) is 12.0 Å². The first-order valence-corrected chi connectivity index (χ1v) is 6.41. The average Bonchev–Trinajstić information content (AvgIpc) is 2.71. The van der Waals surface area contributed by atoms with E-state index in [-0.39, 0.29) is 0 Å². The Balaban J connectivity index is 2.07. The lowest BCUT2D eigenvalue weighted by atomic mass is 9.97. The molecule has 0 aromatic carbocycles. The van der Waals surface area contributed by atoms with Gasteiger partial charge in [-0.1, -0.05) is 19.9 Å². The van der Waals surface area contributed by atoms with Gasteiger partial charge in [-0.2, -0.15) is 0 Å². The molecule has 2 heteroatoms. The number of hydrogen-bond acceptors (Lipinski definition) is 2. The fourth-order valence-electron chi connectivity index (χ4n) is 1.92. The number of thiophene rings is 1. The number of hydrogen-bond donors (Lipinski definition) is 1. The van der Waals surface area contributed by atoms with Crippen LogP contribution in [0.25, 0.3) is 0 Å². The molecule has 0 spiro atoms. The van der Waals surface area contributed by atoms with Gasteiger partial charge in [0.1, 0.15) is 0 Å². The molecule has 1 atom stereocenters. The van der Waals surface area contributed by atoms with E-state index in [9.17, 15) is 0 Å². The lowest BCUT2D eigenvalue weighted by molar-refractivity contribution is 0.372. The Morgan fingerprint density at radius 1 is 1.57 bits per heavy atom. The van der Waals surface area contributed by atoms with Gasteiger partial charge in [-0.15, -0.1) is 11.3 Å². The maximum atomic E-state index is 3.68. The molecular formula is C12H19NS. The molecule has 0 bridgehead atoms. The highest BCUT2D eigenvalue weighted by molar-refractivity contribution is 7.10. The largest absolute Gasteiger partial charge is 0.309 e. The fourth-order valence-corrected chi connectivity index (χ4v) is 2.90. The third-order valence-electron chi connectivity index (χ3n) is 3.16. The zero-order valence-electron chi connectivity index (χ0n) is 9.05. The van der Waals surface area contributed by atoms with E-state index in [0.29, 0.717) is 11.5 Å². The van der Waals surface area contributed by atoms with Crippen molar-refractivity contribution in [3.8, 4) is 0 Å². The quantitative estimate of drug-likeness (QED) is 0.781. The molecule has 1 aliphatic rings. The Kier molecular flexibility index (Phi) is 2.93. The predicted molar refractivity (Wildman–Crippen MR) is 62.7 cm³/mol. The van der Waals surface area contributed by atoms with Gasteiger partial charge < -0.3 is 5.32 Å². The molecule has 0 aliphatic heterocycles. The van der Waals surface area contributed by atoms with Crippen molar-refractivity contribution in [1.29, 1.82) is 0 Å². The van der Waals surface area contributed by atoms with Gasteiger partial charge in [0.2, 0.25) is 0 Å². The van der Waals surface area contributed by atoms with Crippen molar-refractivity contribution in [1.82, 2.24) is 5.32 Å². The second kappa shape index (κ2) is 4.03.